The van der Waals surface area contributed by atoms with Crippen LogP contribution in [0.2, 0.25) is 0 Å². The summed E-state index contributed by atoms with van der Waals surface area (Å²) in [5, 5.41) is 2.81. The van der Waals surface area contributed by atoms with E-state index in [1.807, 2.05) is 18.2 Å². The van der Waals surface area contributed by atoms with Gasteiger partial charge in [-0.05, 0) is 24.3 Å². The molecule has 0 aliphatic rings. The highest BCUT2D eigenvalue weighted by Gasteiger charge is 2.13. The van der Waals surface area contributed by atoms with Gasteiger partial charge in [-0.25, -0.2) is 0 Å². The van der Waals surface area contributed by atoms with Gasteiger partial charge in [-0.15, -0.1) is 0 Å². The molecule has 1 N–H and O–H groups in total. The molecule has 19 heavy (non-hydrogen) atoms. The van der Waals surface area contributed by atoms with Gasteiger partial charge < -0.3 is 14.8 Å². The van der Waals surface area contributed by atoms with E-state index >= 15 is 0 Å². The number of hydrogen-bond acceptors (Lipinski definition) is 3. The maximum Gasteiger partial charge on any atom is 0.259 e. The van der Waals surface area contributed by atoms with Crippen LogP contribution >= 0.6 is 0 Å². The van der Waals surface area contributed by atoms with Gasteiger partial charge in [0.05, 0.1) is 25.5 Å². The van der Waals surface area contributed by atoms with Crippen molar-refractivity contribution < 1.29 is 14.3 Å². The number of ether oxygens (including phenoxy) is 2. The Morgan fingerprint density at radius 3 is 2.16 bits per heavy atom. The van der Waals surface area contributed by atoms with Crippen molar-refractivity contribution in [1.82, 2.24) is 0 Å². The molecule has 98 valence electrons. The van der Waals surface area contributed by atoms with Crippen molar-refractivity contribution in [2.24, 2.45) is 0 Å². The fourth-order valence-electron chi connectivity index (χ4n) is 1.77. The summed E-state index contributed by atoms with van der Waals surface area (Å²) in [6.07, 6.45) is 0. The fraction of sp³-hybridized carbons (Fsp3) is 0.133. The summed E-state index contributed by atoms with van der Waals surface area (Å²) in [5.41, 5.74) is 1.11. The van der Waals surface area contributed by atoms with Gasteiger partial charge in [-0.1, -0.05) is 24.3 Å². The molecule has 0 saturated carbocycles. The van der Waals surface area contributed by atoms with Crippen LogP contribution in [0.1, 0.15) is 10.4 Å². The molecule has 0 spiro atoms. The van der Waals surface area contributed by atoms with E-state index < -0.39 is 0 Å². The minimum absolute atomic E-state index is 0.234. The molecule has 2 aromatic rings. The molecule has 0 aliphatic heterocycles. The van der Waals surface area contributed by atoms with E-state index in [4.69, 9.17) is 9.47 Å². The number of benzene rings is 2. The summed E-state index contributed by atoms with van der Waals surface area (Å²) in [5.74, 6) is 0.919. The molecule has 2 rings (SSSR count). The smallest absolute Gasteiger partial charge is 0.259 e. The van der Waals surface area contributed by atoms with E-state index in [1.165, 1.54) is 7.11 Å². The van der Waals surface area contributed by atoms with Gasteiger partial charge in [0.15, 0.2) is 0 Å². The maximum absolute atomic E-state index is 12.2. The fourth-order valence-corrected chi connectivity index (χ4v) is 1.77. The Hall–Kier alpha value is -2.49. The largest absolute Gasteiger partial charge is 0.496 e. The molecule has 0 fully saturated rings. The second-order valence-electron chi connectivity index (χ2n) is 3.85. The van der Waals surface area contributed by atoms with Crippen molar-refractivity contribution >= 4 is 11.6 Å². The quantitative estimate of drug-likeness (QED) is 0.916. The first-order valence-corrected chi connectivity index (χ1v) is 5.83. The first kappa shape index (κ1) is 13.0. The highest BCUT2D eigenvalue weighted by atomic mass is 16.5. The van der Waals surface area contributed by atoms with Crippen LogP contribution in [0, 0.1) is 0 Å². The Bertz CT molecular complexity index is 581. The molecule has 4 nitrogen and oxygen atoms in total. The van der Waals surface area contributed by atoms with Gasteiger partial charge in [0.25, 0.3) is 5.91 Å². The van der Waals surface area contributed by atoms with Crippen LogP contribution in [0.15, 0.2) is 48.5 Å². The predicted molar refractivity (Wildman–Crippen MR) is 73.9 cm³/mol. The number of hydrogen-bond donors (Lipinski definition) is 1. The SMILES string of the molecule is COc1ccccc1NC(=O)c1ccccc1OC. The molecule has 2 aromatic carbocycles. The third-order valence-corrected chi connectivity index (χ3v) is 2.71. The number of methoxy groups -OCH3 is 2. The summed E-state index contributed by atoms with van der Waals surface area (Å²) in [7, 11) is 3.10. The molecule has 0 bridgehead atoms. The van der Waals surface area contributed by atoms with Crippen LogP contribution in [-0.4, -0.2) is 20.1 Å². The monoisotopic (exact) mass is 257 g/mol. The zero-order valence-electron chi connectivity index (χ0n) is 10.8. The molecule has 0 atom stereocenters. The number of nitrogens with one attached hydrogen (secondary N) is 1. The molecule has 0 aliphatic carbocycles. The standard InChI is InChI=1S/C15H15NO3/c1-18-13-9-5-3-7-11(13)15(17)16-12-8-4-6-10-14(12)19-2/h3-10H,1-2H3,(H,16,17). The van der Waals surface area contributed by atoms with E-state index in [2.05, 4.69) is 5.32 Å². The number of rotatable bonds is 4. The van der Waals surface area contributed by atoms with Gasteiger partial charge in [0.2, 0.25) is 0 Å². The Morgan fingerprint density at radius 2 is 1.47 bits per heavy atom. The summed E-state index contributed by atoms with van der Waals surface area (Å²) in [6.45, 7) is 0. The van der Waals surface area contributed by atoms with E-state index in [9.17, 15) is 4.79 Å². The molecular formula is C15H15NO3. The summed E-state index contributed by atoms with van der Waals surface area (Å²) in [6, 6.07) is 14.3. The molecule has 1 amide bonds. The maximum atomic E-state index is 12.2. The molecule has 0 heterocycles. The predicted octanol–water partition coefficient (Wildman–Crippen LogP) is 2.96. The number of anilines is 1. The number of amides is 1. The first-order chi connectivity index (χ1) is 9.26. The van der Waals surface area contributed by atoms with Crippen LogP contribution in [0.5, 0.6) is 11.5 Å². The number of carbonyl (C=O) groups excluding carboxylic acids is 1. The second kappa shape index (κ2) is 5.91. The van der Waals surface area contributed by atoms with Gasteiger partial charge in [-0.2, -0.15) is 0 Å². The van der Waals surface area contributed by atoms with Crippen molar-refractivity contribution in [3.8, 4) is 11.5 Å². The number of para-hydroxylation sites is 3. The summed E-state index contributed by atoms with van der Waals surface area (Å²) in [4.78, 5) is 12.2. The van der Waals surface area contributed by atoms with Gasteiger partial charge in [0.1, 0.15) is 11.5 Å². The second-order valence-corrected chi connectivity index (χ2v) is 3.85. The summed E-state index contributed by atoms with van der Waals surface area (Å²) >= 11 is 0. The zero-order chi connectivity index (χ0) is 13.7. The van der Waals surface area contributed by atoms with E-state index in [-0.39, 0.29) is 5.91 Å². The first-order valence-electron chi connectivity index (χ1n) is 5.83. The molecular weight excluding hydrogens is 242 g/mol. The highest BCUT2D eigenvalue weighted by Crippen LogP contribution is 2.25. The van der Waals surface area contributed by atoms with Crippen molar-refractivity contribution in [2.45, 2.75) is 0 Å². The molecule has 0 saturated heterocycles. The summed E-state index contributed by atoms with van der Waals surface area (Å²) < 4.78 is 10.4. The van der Waals surface area contributed by atoms with Crippen molar-refractivity contribution in [3.05, 3.63) is 54.1 Å². The minimum Gasteiger partial charge on any atom is -0.496 e. The third-order valence-electron chi connectivity index (χ3n) is 2.71. The molecule has 0 aromatic heterocycles. The lowest BCUT2D eigenvalue weighted by molar-refractivity contribution is 0.102. The Morgan fingerprint density at radius 1 is 0.895 bits per heavy atom. The van der Waals surface area contributed by atoms with E-state index in [1.54, 1.807) is 37.4 Å². The van der Waals surface area contributed by atoms with Crippen LogP contribution in [0.3, 0.4) is 0 Å². The Labute approximate surface area is 112 Å². The Kier molecular flexibility index (Phi) is 4.03. The van der Waals surface area contributed by atoms with Crippen LogP contribution in [-0.2, 0) is 0 Å². The average molecular weight is 257 g/mol. The lowest BCUT2D eigenvalue weighted by atomic mass is 10.2. The van der Waals surface area contributed by atoms with Gasteiger partial charge in [-0.3, -0.25) is 4.79 Å². The van der Waals surface area contributed by atoms with Gasteiger partial charge >= 0.3 is 0 Å². The van der Waals surface area contributed by atoms with Crippen LogP contribution in [0.4, 0.5) is 5.69 Å². The number of carbonyl (C=O) groups is 1. The van der Waals surface area contributed by atoms with Crippen molar-refractivity contribution in [1.29, 1.82) is 0 Å². The van der Waals surface area contributed by atoms with Crippen LogP contribution < -0.4 is 14.8 Å². The lowest BCUT2D eigenvalue weighted by Gasteiger charge is -2.11. The highest BCUT2D eigenvalue weighted by molar-refractivity contribution is 6.06. The van der Waals surface area contributed by atoms with E-state index in [0.717, 1.165) is 0 Å². The topological polar surface area (TPSA) is 47.6 Å². The zero-order valence-corrected chi connectivity index (χ0v) is 10.8. The third kappa shape index (κ3) is 2.85. The lowest BCUT2D eigenvalue weighted by Crippen LogP contribution is -2.13. The normalized spacial score (nSPS) is 9.79. The van der Waals surface area contributed by atoms with Crippen molar-refractivity contribution in [3.63, 3.8) is 0 Å². The van der Waals surface area contributed by atoms with Crippen LogP contribution in [0.25, 0.3) is 0 Å². The minimum atomic E-state index is -0.234. The van der Waals surface area contributed by atoms with E-state index in [0.29, 0.717) is 22.7 Å². The molecule has 0 radical (unpaired) electrons. The van der Waals surface area contributed by atoms with Gasteiger partial charge in [0, 0.05) is 0 Å². The van der Waals surface area contributed by atoms with Crippen molar-refractivity contribution in [2.75, 3.05) is 19.5 Å². The molecule has 0 unspecified atom stereocenters. The Balaban J connectivity index is 2.26. The molecule has 4 heteroatoms. The average Bonchev–Trinajstić information content (AvgIpc) is 2.47.